The van der Waals surface area contributed by atoms with Crippen LogP contribution in [0.2, 0.25) is 0 Å². The van der Waals surface area contributed by atoms with Gasteiger partial charge in [0.05, 0.1) is 6.20 Å². The lowest BCUT2D eigenvalue weighted by molar-refractivity contribution is 0.579. The van der Waals surface area contributed by atoms with Crippen LogP contribution in [0.1, 0.15) is 29.9 Å². The highest BCUT2D eigenvalue weighted by Crippen LogP contribution is 2.34. The third-order valence-electron chi connectivity index (χ3n) is 3.75. The van der Waals surface area contributed by atoms with E-state index < -0.39 is 0 Å². The second kappa shape index (κ2) is 4.84. The fourth-order valence-corrected chi connectivity index (χ4v) is 2.79. The maximum absolute atomic E-state index is 4.23. The molecule has 0 aliphatic carbocycles. The normalized spacial score (nSPS) is 18.2. The number of benzene rings is 1. The SMILES string of the molecule is Cn1cc(CCC2CCNc3ccccc32)cn1. The molecule has 0 spiro atoms. The molecule has 1 aliphatic rings. The van der Waals surface area contributed by atoms with Crippen LogP contribution in [0.5, 0.6) is 0 Å². The van der Waals surface area contributed by atoms with Gasteiger partial charge in [-0.15, -0.1) is 0 Å². The molecule has 1 aromatic carbocycles. The van der Waals surface area contributed by atoms with Crippen molar-refractivity contribution in [2.75, 3.05) is 11.9 Å². The average molecular weight is 241 g/mol. The lowest BCUT2D eigenvalue weighted by Gasteiger charge is -2.26. The Morgan fingerprint density at radius 2 is 2.28 bits per heavy atom. The van der Waals surface area contributed by atoms with Crippen molar-refractivity contribution in [2.45, 2.75) is 25.2 Å². The van der Waals surface area contributed by atoms with Gasteiger partial charge < -0.3 is 5.32 Å². The molecule has 1 N–H and O–H groups in total. The van der Waals surface area contributed by atoms with E-state index in [9.17, 15) is 0 Å². The number of nitrogens with one attached hydrogen (secondary N) is 1. The van der Waals surface area contributed by atoms with Crippen molar-refractivity contribution in [3.8, 4) is 0 Å². The van der Waals surface area contributed by atoms with Gasteiger partial charge in [0.2, 0.25) is 0 Å². The largest absolute Gasteiger partial charge is 0.385 e. The predicted octanol–water partition coefficient (Wildman–Crippen LogP) is 2.95. The Morgan fingerprint density at radius 3 is 3.11 bits per heavy atom. The number of hydrogen-bond acceptors (Lipinski definition) is 2. The van der Waals surface area contributed by atoms with Crippen molar-refractivity contribution in [2.24, 2.45) is 7.05 Å². The molecular weight excluding hydrogens is 222 g/mol. The van der Waals surface area contributed by atoms with Crippen LogP contribution in [-0.2, 0) is 13.5 Å². The van der Waals surface area contributed by atoms with E-state index in [2.05, 4.69) is 40.9 Å². The number of nitrogens with zero attached hydrogens (tertiary/aromatic N) is 2. The lowest BCUT2D eigenvalue weighted by Crippen LogP contribution is -2.17. The molecule has 94 valence electrons. The van der Waals surface area contributed by atoms with E-state index in [1.54, 1.807) is 0 Å². The summed E-state index contributed by atoms with van der Waals surface area (Å²) >= 11 is 0. The van der Waals surface area contributed by atoms with Gasteiger partial charge in [-0.25, -0.2) is 0 Å². The van der Waals surface area contributed by atoms with Crippen molar-refractivity contribution < 1.29 is 0 Å². The zero-order valence-corrected chi connectivity index (χ0v) is 10.8. The van der Waals surface area contributed by atoms with E-state index in [0.717, 1.165) is 13.0 Å². The molecule has 0 saturated heterocycles. The number of para-hydroxylation sites is 1. The maximum atomic E-state index is 4.23. The number of rotatable bonds is 3. The smallest absolute Gasteiger partial charge is 0.0521 e. The Labute approximate surface area is 108 Å². The van der Waals surface area contributed by atoms with Crippen molar-refractivity contribution >= 4 is 5.69 Å². The summed E-state index contributed by atoms with van der Waals surface area (Å²) in [5, 5.41) is 7.71. The molecule has 2 heterocycles. The molecule has 1 atom stereocenters. The van der Waals surface area contributed by atoms with Crippen LogP contribution in [0.3, 0.4) is 0 Å². The Morgan fingerprint density at radius 1 is 1.39 bits per heavy atom. The molecule has 0 fully saturated rings. The monoisotopic (exact) mass is 241 g/mol. The molecule has 18 heavy (non-hydrogen) atoms. The molecule has 2 aromatic rings. The van der Waals surface area contributed by atoms with Crippen LogP contribution >= 0.6 is 0 Å². The Balaban J connectivity index is 1.71. The molecule has 0 bridgehead atoms. The molecule has 3 nitrogen and oxygen atoms in total. The number of aryl methyl sites for hydroxylation is 2. The molecule has 0 amide bonds. The van der Waals surface area contributed by atoms with E-state index in [4.69, 9.17) is 0 Å². The van der Waals surface area contributed by atoms with Gasteiger partial charge in [-0.1, -0.05) is 18.2 Å². The third kappa shape index (κ3) is 2.26. The number of anilines is 1. The van der Waals surface area contributed by atoms with E-state index in [1.165, 1.54) is 29.7 Å². The zero-order chi connectivity index (χ0) is 12.4. The highest BCUT2D eigenvalue weighted by Gasteiger charge is 2.19. The van der Waals surface area contributed by atoms with Gasteiger partial charge in [0.1, 0.15) is 0 Å². The van der Waals surface area contributed by atoms with E-state index in [1.807, 2.05) is 17.9 Å². The second-order valence-corrected chi connectivity index (χ2v) is 5.06. The fourth-order valence-electron chi connectivity index (χ4n) is 2.79. The van der Waals surface area contributed by atoms with Crippen LogP contribution in [0.4, 0.5) is 5.69 Å². The third-order valence-corrected chi connectivity index (χ3v) is 3.75. The standard InChI is InChI=1S/C15H19N3/c1-18-11-12(10-17-18)6-7-13-8-9-16-15-5-3-2-4-14(13)15/h2-5,10-11,13,16H,6-9H2,1H3. The zero-order valence-electron chi connectivity index (χ0n) is 10.8. The van der Waals surface area contributed by atoms with Crippen LogP contribution in [-0.4, -0.2) is 16.3 Å². The predicted molar refractivity (Wildman–Crippen MR) is 73.8 cm³/mol. The summed E-state index contributed by atoms with van der Waals surface area (Å²) in [5.74, 6) is 0.683. The van der Waals surface area contributed by atoms with Crippen molar-refractivity contribution in [3.05, 3.63) is 47.8 Å². The summed E-state index contributed by atoms with van der Waals surface area (Å²) < 4.78 is 1.88. The van der Waals surface area contributed by atoms with Crippen molar-refractivity contribution in [3.63, 3.8) is 0 Å². The highest BCUT2D eigenvalue weighted by molar-refractivity contribution is 5.54. The second-order valence-electron chi connectivity index (χ2n) is 5.06. The lowest BCUT2D eigenvalue weighted by atomic mass is 9.87. The highest BCUT2D eigenvalue weighted by atomic mass is 15.2. The van der Waals surface area contributed by atoms with Gasteiger partial charge in [-0.05, 0) is 42.4 Å². The maximum Gasteiger partial charge on any atom is 0.0521 e. The van der Waals surface area contributed by atoms with Gasteiger partial charge in [-0.3, -0.25) is 4.68 Å². The molecule has 0 saturated carbocycles. The average Bonchev–Trinajstić information content (AvgIpc) is 2.82. The summed E-state index contributed by atoms with van der Waals surface area (Å²) in [7, 11) is 1.98. The first-order chi connectivity index (χ1) is 8.83. The first-order valence-electron chi connectivity index (χ1n) is 6.63. The number of fused-ring (bicyclic) bond motifs is 1. The molecule has 1 aromatic heterocycles. The minimum Gasteiger partial charge on any atom is -0.385 e. The quantitative estimate of drug-likeness (QED) is 0.895. The molecule has 1 unspecified atom stereocenters. The topological polar surface area (TPSA) is 29.9 Å². The Hall–Kier alpha value is -1.77. The van der Waals surface area contributed by atoms with E-state index in [-0.39, 0.29) is 0 Å². The van der Waals surface area contributed by atoms with Crippen LogP contribution in [0.25, 0.3) is 0 Å². The van der Waals surface area contributed by atoms with Gasteiger partial charge in [0.25, 0.3) is 0 Å². The molecular formula is C15H19N3. The van der Waals surface area contributed by atoms with E-state index in [0.29, 0.717) is 5.92 Å². The first kappa shape index (κ1) is 11.3. The van der Waals surface area contributed by atoms with Crippen molar-refractivity contribution in [1.29, 1.82) is 0 Å². The number of aromatic nitrogens is 2. The Kier molecular flexibility index (Phi) is 3.05. The summed E-state index contributed by atoms with van der Waals surface area (Å²) in [6, 6.07) is 8.69. The summed E-state index contributed by atoms with van der Waals surface area (Å²) in [6.45, 7) is 1.09. The summed E-state index contributed by atoms with van der Waals surface area (Å²) in [5.41, 5.74) is 4.14. The first-order valence-corrected chi connectivity index (χ1v) is 6.63. The molecule has 1 aliphatic heterocycles. The molecule has 3 rings (SSSR count). The Bertz CT molecular complexity index is 530. The van der Waals surface area contributed by atoms with Gasteiger partial charge in [0.15, 0.2) is 0 Å². The summed E-state index contributed by atoms with van der Waals surface area (Å²) in [6.07, 6.45) is 7.66. The van der Waals surface area contributed by atoms with E-state index >= 15 is 0 Å². The van der Waals surface area contributed by atoms with Gasteiger partial charge >= 0.3 is 0 Å². The van der Waals surface area contributed by atoms with Gasteiger partial charge in [-0.2, -0.15) is 5.10 Å². The minimum atomic E-state index is 0.683. The van der Waals surface area contributed by atoms with Crippen LogP contribution < -0.4 is 5.32 Å². The molecule has 0 radical (unpaired) electrons. The summed E-state index contributed by atoms with van der Waals surface area (Å²) in [4.78, 5) is 0. The van der Waals surface area contributed by atoms with Crippen LogP contribution in [0.15, 0.2) is 36.7 Å². The minimum absolute atomic E-state index is 0.683. The number of hydrogen-bond donors (Lipinski definition) is 1. The fraction of sp³-hybridized carbons (Fsp3) is 0.400. The van der Waals surface area contributed by atoms with Crippen molar-refractivity contribution in [1.82, 2.24) is 9.78 Å². The van der Waals surface area contributed by atoms with Crippen LogP contribution in [0, 0.1) is 0 Å². The molecule has 3 heteroatoms. The van der Waals surface area contributed by atoms with Gasteiger partial charge in [0, 0.05) is 25.5 Å².